The van der Waals surface area contributed by atoms with Crippen LogP contribution in [0.5, 0.6) is 5.75 Å². The SMILES string of the molecule is CS(=O)(=O)CCNC(=O)C=Cc1ccc(OCc2cccnc2)cc1. The molecule has 0 saturated carbocycles. The number of ether oxygens (including phenoxy) is 1. The molecule has 2 rings (SSSR count). The maximum Gasteiger partial charge on any atom is 0.244 e. The predicted molar refractivity (Wildman–Crippen MR) is 96.8 cm³/mol. The van der Waals surface area contributed by atoms with Gasteiger partial charge in [0.25, 0.3) is 0 Å². The lowest BCUT2D eigenvalue weighted by Gasteiger charge is -2.06. The molecule has 132 valence electrons. The second kappa shape index (κ2) is 8.98. The average molecular weight is 360 g/mol. The number of aromatic nitrogens is 1. The molecule has 0 aliphatic rings. The molecule has 25 heavy (non-hydrogen) atoms. The van der Waals surface area contributed by atoms with E-state index in [9.17, 15) is 13.2 Å². The van der Waals surface area contributed by atoms with Gasteiger partial charge in [0.1, 0.15) is 22.2 Å². The summed E-state index contributed by atoms with van der Waals surface area (Å²) in [6.07, 6.45) is 7.61. The van der Waals surface area contributed by atoms with E-state index in [0.29, 0.717) is 6.61 Å². The molecule has 0 unspecified atom stereocenters. The smallest absolute Gasteiger partial charge is 0.244 e. The Hall–Kier alpha value is -2.67. The van der Waals surface area contributed by atoms with Crippen LogP contribution in [-0.4, -0.2) is 37.9 Å². The van der Waals surface area contributed by atoms with Crippen LogP contribution in [-0.2, 0) is 21.2 Å². The first-order valence-electron chi connectivity index (χ1n) is 7.68. The molecule has 0 radical (unpaired) electrons. The third-order valence-electron chi connectivity index (χ3n) is 3.21. The standard InChI is InChI=1S/C18H20N2O4S/c1-25(22,23)12-11-20-18(21)9-6-15-4-7-17(8-5-15)24-14-16-3-2-10-19-13-16/h2-10,13H,11-12,14H2,1H3,(H,20,21). The van der Waals surface area contributed by atoms with Crippen molar-refractivity contribution in [2.75, 3.05) is 18.6 Å². The molecular formula is C18H20N2O4S. The molecule has 1 aromatic heterocycles. The number of carbonyl (C=O) groups is 1. The van der Waals surface area contributed by atoms with E-state index >= 15 is 0 Å². The molecule has 6 nitrogen and oxygen atoms in total. The summed E-state index contributed by atoms with van der Waals surface area (Å²) in [5, 5.41) is 2.52. The number of hydrogen-bond acceptors (Lipinski definition) is 5. The number of sulfone groups is 1. The average Bonchev–Trinajstić information content (AvgIpc) is 2.59. The van der Waals surface area contributed by atoms with Crippen LogP contribution in [0.2, 0.25) is 0 Å². The fraction of sp³-hybridized carbons (Fsp3) is 0.222. The minimum Gasteiger partial charge on any atom is -0.489 e. The Bertz CT molecular complexity index is 816. The largest absolute Gasteiger partial charge is 0.489 e. The van der Waals surface area contributed by atoms with Crippen molar-refractivity contribution in [3.8, 4) is 5.75 Å². The maximum atomic E-state index is 11.6. The van der Waals surface area contributed by atoms with E-state index in [2.05, 4.69) is 10.3 Å². The first-order chi connectivity index (χ1) is 11.9. The van der Waals surface area contributed by atoms with Crippen LogP contribution < -0.4 is 10.1 Å². The Morgan fingerprint density at radius 2 is 2.00 bits per heavy atom. The van der Waals surface area contributed by atoms with Crippen molar-refractivity contribution in [3.63, 3.8) is 0 Å². The van der Waals surface area contributed by atoms with Crippen LogP contribution in [0.25, 0.3) is 6.08 Å². The van der Waals surface area contributed by atoms with Gasteiger partial charge in [0.15, 0.2) is 0 Å². The number of nitrogens with zero attached hydrogens (tertiary/aromatic N) is 1. The number of pyridine rings is 1. The molecule has 1 N–H and O–H groups in total. The van der Waals surface area contributed by atoms with Crippen molar-refractivity contribution in [3.05, 3.63) is 66.0 Å². The minimum absolute atomic E-state index is 0.0739. The first-order valence-corrected chi connectivity index (χ1v) is 9.74. The van der Waals surface area contributed by atoms with Gasteiger partial charge < -0.3 is 10.1 Å². The normalized spacial score (nSPS) is 11.4. The number of carbonyl (C=O) groups excluding carboxylic acids is 1. The van der Waals surface area contributed by atoms with Crippen LogP contribution in [0.15, 0.2) is 54.9 Å². The van der Waals surface area contributed by atoms with Crippen LogP contribution in [0.1, 0.15) is 11.1 Å². The summed E-state index contributed by atoms with van der Waals surface area (Å²) >= 11 is 0. The zero-order valence-corrected chi connectivity index (χ0v) is 14.7. The van der Waals surface area contributed by atoms with E-state index < -0.39 is 9.84 Å². The van der Waals surface area contributed by atoms with Crippen LogP contribution in [0, 0.1) is 0 Å². The van der Waals surface area contributed by atoms with Crippen molar-refractivity contribution in [1.29, 1.82) is 0 Å². The molecule has 7 heteroatoms. The summed E-state index contributed by atoms with van der Waals surface area (Å²) < 4.78 is 27.6. The molecule has 1 aromatic carbocycles. The zero-order valence-electron chi connectivity index (χ0n) is 13.9. The fourth-order valence-corrected chi connectivity index (χ4v) is 2.39. The Morgan fingerprint density at radius 3 is 2.64 bits per heavy atom. The summed E-state index contributed by atoms with van der Waals surface area (Å²) in [6.45, 7) is 0.537. The van der Waals surface area contributed by atoms with Gasteiger partial charge in [-0.1, -0.05) is 18.2 Å². The highest BCUT2D eigenvalue weighted by Gasteiger charge is 2.02. The Morgan fingerprint density at radius 1 is 1.24 bits per heavy atom. The Labute approximate surface area is 147 Å². The van der Waals surface area contributed by atoms with E-state index in [1.165, 1.54) is 6.08 Å². The van der Waals surface area contributed by atoms with Gasteiger partial charge in [0.05, 0.1) is 5.75 Å². The molecule has 0 saturated heterocycles. The maximum absolute atomic E-state index is 11.6. The highest BCUT2D eigenvalue weighted by atomic mass is 32.2. The van der Waals surface area contributed by atoms with Gasteiger partial charge in [0, 0.05) is 36.8 Å². The molecule has 0 fully saturated rings. The predicted octanol–water partition coefficient (Wildman–Crippen LogP) is 1.83. The van der Waals surface area contributed by atoms with Crippen molar-refractivity contribution in [2.24, 2.45) is 0 Å². The van der Waals surface area contributed by atoms with Crippen LogP contribution in [0.3, 0.4) is 0 Å². The Balaban J connectivity index is 1.80. The lowest BCUT2D eigenvalue weighted by molar-refractivity contribution is -0.116. The van der Waals surface area contributed by atoms with Gasteiger partial charge in [-0.15, -0.1) is 0 Å². The minimum atomic E-state index is -3.07. The summed E-state index contributed by atoms with van der Waals surface area (Å²) in [7, 11) is -3.07. The van der Waals surface area contributed by atoms with E-state index in [-0.39, 0.29) is 18.2 Å². The van der Waals surface area contributed by atoms with Gasteiger partial charge in [-0.2, -0.15) is 0 Å². The molecular weight excluding hydrogens is 340 g/mol. The number of rotatable bonds is 8. The summed E-state index contributed by atoms with van der Waals surface area (Å²) in [5.74, 6) is 0.314. The van der Waals surface area contributed by atoms with Gasteiger partial charge in [-0.25, -0.2) is 8.42 Å². The first kappa shape index (κ1) is 18.7. The zero-order chi connectivity index (χ0) is 18.1. The van der Waals surface area contributed by atoms with Crippen molar-refractivity contribution < 1.29 is 17.9 Å². The van der Waals surface area contributed by atoms with Crippen LogP contribution in [0.4, 0.5) is 0 Å². The quantitative estimate of drug-likeness (QED) is 0.726. The van der Waals surface area contributed by atoms with Gasteiger partial charge in [0.2, 0.25) is 5.91 Å². The molecule has 0 bridgehead atoms. The summed E-state index contributed by atoms with van der Waals surface area (Å²) in [4.78, 5) is 15.6. The highest BCUT2D eigenvalue weighted by Crippen LogP contribution is 2.14. The van der Waals surface area contributed by atoms with Gasteiger partial charge in [-0.05, 0) is 29.8 Å². The third kappa shape index (κ3) is 7.63. The fourth-order valence-electron chi connectivity index (χ4n) is 1.92. The third-order valence-corrected chi connectivity index (χ3v) is 4.15. The van der Waals surface area contributed by atoms with E-state index in [4.69, 9.17) is 4.74 Å². The highest BCUT2D eigenvalue weighted by molar-refractivity contribution is 7.90. The number of amides is 1. The molecule has 2 aromatic rings. The molecule has 0 spiro atoms. The van der Waals surface area contributed by atoms with Crippen molar-refractivity contribution >= 4 is 21.8 Å². The second-order valence-electron chi connectivity index (χ2n) is 5.47. The molecule has 1 amide bonds. The summed E-state index contributed by atoms with van der Waals surface area (Å²) in [6, 6.07) is 11.1. The molecule has 0 aliphatic carbocycles. The van der Waals surface area contributed by atoms with Gasteiger partial charge in [-0.3, -0.25) is 9.78 Å². The number of nitrogens with one attached hydrogen (secondary N) is 1. The van der Waals surface area contributed by atoms with E-state index in [1.807, 2.05) is 36.4 Å². The molecule has 1 heterocycles. The number of hydrogen-bond donors (Lipinski definition) is 1. The lowest BCUT2D eigenvalue weighted by atomic mass is 10.2. The Kier molecular flexibility index (Phi) is 6.71. The molecule has 0 aliphatic heterocycles. The second-order valence-corrected chi connectivity index (χ2v) is 7.73. The monoisotopic (exact) mass is 360 g/mol. The van der Waals surface area contributed by atoms with Gasteiger partial charge >= 0.3 is 0 Å². The topological polar surface area (TPSA) is 85.4 Å². The summed E-state index contributed by atoms with van der Waals surface area (Å²) in [5.41, 5.74) is 1.82. The van der Waals surface area contributed by atoms with Crippen LogP contribution >= 0.6 is 0 Å². The molecule has 0 atom stereocenters. The van der Waals surface area contributed by atoms with Crippen molar-refractivity contribution in [2.45, 2.75) is 6.61 Å². The van der Waals surface area contributed by atoms with Crippen molar-refractivity contribution in [1.82, 2.24) is 10.3 Å². The lowest BCUT2D eigenvalue weighted by Crippen LogP contribution is -2.27. The van der Waals surface area contributed by atoms with E-state index in [1.54, 1.807) is 18.5 Å². The van der Waals surface area contributed by atoms with E-state index in [0.717, 1.165) is 23.1 Å². The number of benzene rings is 1.